The zero-order valence-corrected chi connectivity index (χ0v) is 11.4. The number of rotatable bonds is 8. The summed E-state index contributed by atoms with van der Waals surface area (Å²) in [6, 6.07) is 8.09. The Morgan fingerprint density at radius 2 is 2.17 bits per heavy atom. The standard InChI is InChI=1S/C14H20ClNO2/c1-11(12-6-5-7-13(15)10-12)16-9-4-2-3-8-14(17)18/h5-7,10-11,16H,2-4,8-9H2,1H3,(H,17,18)/t11-/m1/s1. The molecule has 1 atom stereocenters. The summed E-state index contributed by atoms with van der Waals surface area (Å²) in [5.41, 5.74) is 1.17. The van der Waals surface area contributed by atoms with Crippen molar-refractivity contribution in [2.45, 2.75) is 38.6 Å². The van der Waals surface area contributed by atoms with Gasteiger partial charge in [-0.15, -0.1) is 0 Å². The van der Waals surface area contributed by atoms with Crippen LogP contribution in [0.3, 0.4) is 0 Å². The molecular formula is C14H20ClNO2. The number of carboxylic acids is 1. The predicted octanol–water partition coefficient (Wildman–Crippen LogP) is 3.64. The summed E-state index contributed by atoms with van der Waals surface area (Å²) in [4.78, 5) is 10.3. The highest BCUT2D eigenvalue weighted by molar-refractivity contribution is 6.30. The van der Waals surface area contributed by atoms with E-state index < -0.39 is 5.97 Å². The van der Waals surface area contributed by atoms with E-state index in [1.54, 1.807) is 0 Å². The predicted molar refractivity (Wildman–Crippen MR) is 74.0 cm³/mol. The Bertz CT molecular complexity index is 382. The fourth-order valence-corrected chi connectivity index (χ4v) is 1.99. The largest absolute Gasteiger partial charge is 0.481 e. The lowest BCUT2D eigenvalue weighted by molar-refractivity contribution is -0.137. The second kappa shape index (κ2) is 8.11. The van der Waals surface area contributed by atoms with Crippen LogP contribution in [0.5, 0.6) is 0 Å². The van der Waals surface area contributed by atoms with Crippen LogP contribution in [-0.2, 0) is 4.79 Å². The van der Waals surface area contributed by atoms with Crippen molar-refractivity contribution in [3.63, 3.8) is 0 Å². The van der Waals surface area contributed by atoms with Gasteiger partial charge in [0, 0.05) is 17.5 Å². The third-order valence-electron chi connectivity index (χ3n) is 2.87. The molecule has 0 spiro atoms. The summed E-state index contributed by atoms with van der Waals surface area (Å²) in [5.74, 6) is -0.713. The molecule has 1 aromatic carbocycles. The average Bonchev–Trinajstić information content (AvgIpc) is 2.33. The molecule has 0 aliphatic heterocycles. The first-order valence-electron chi connectivity index (χ1n) is 6.30. The highest BCUT2D eigenvalue weighted by Gasteiger charge is 2.04. The molecule has 0 amide bonds. The van der Waals surface area contributed by atoms with Gasteiger partial charge < -0.3 is 10.4 Å². The van der Waals surface area contributed by atoms with Gasteiger partial charge in [0.2, 0.25) is 0 Å². The molecule has 0 fully saturated rings. The molecule has 0 aromatic heterocycles. The second-order valence-electron chi connectivity index (χ2n) is 4.44. The van der Waals surface area contributed by atoms with Crippen molar-refractivity contribution in [1.82, 2.24) is 5.32 Å². The maximum atomic E-state index is 10.3. The molecule has 1 aromatic rings. The lowest BCUT2D eigenvalue weighted by Crippen LogP contribution is -2.19. The van der Waals surface area contributed by atoms with Crippen molar-refractivity contribution < 1.29 is 9.90 Å². The van der Waals surface area contributed by atoms with Crippen molar-refractivity contribution in [2.75, 3.05) is 6.54 Å². The number of halogens is 1. The highest BCUT2D eigenvalue weighted by atomic mass is 35.5. The number of benzene rings is 1. The Balaban J connectivity index is 2.17. The van der Waals surface area contributed by atoms with E-state index in [1.807, 2.05) is 24.3 Å². The quantitative estimate of drug-likeness (QED) is 0.709. The van der Waals surface area contributed by atoms with Gasteiger partial charge in [-0.1, -0.05) is 30.2 Å². The Morgan fingerprint density at radius 1 is 1.39 bits per heavy atom. The van der Waals surface area contributed by atoms with E-state index in [9.17, 15) is 4.79 Å². The van der Waals surface area contributed by atoms with Crippen LogP contribution in [0, 0.1) is 0 Å². The lowest BCUT2D eigenvalue weighted by Gasteiger charge is -2.14. The van der Waals surface area contributed by atoms with E-state index in [4.69, 9.17) is 16.7 Å². The van der Waals surface area contributed by atoms with Gasteiger partial charge in [-0.05, 0) is 44.0 Å². The molecule has 1 rings (SSSR count). The number of hydrogen-bond donors (Lipinski definition) is 2. The SMILES string of the molecule is C[C@@H](NCCCCCC(=O)O)c1cccc(Cl)c1. The van der Waals surface area contributed by atoms with Gasteiger partial charge in [-0.2, -0.15) is 0 Å². The van der Waals surface area contributed by atoms with Crippen LogP contribution in [0.25, 0.3) is 0 Å². The van der Waals surface area contributed by atoms with E-state index in [1.165, 1.54) is 5.56 Å². The zero-order chi connectivity index (χ0) is 13.4. The molecule has 0 bridgehead atoms. The maximum absolute atomic E-state index is 10.3. The summed E-state index contributed by atoms with van der Waals surface area (Å²) >= 11 is 5.94. The summed E-state index contributed by atoms with van der Waals surface area (Å²) in [6.07, 6.45) is 2.96. The number of aliphatic carboxylic acids is 1. The molecule has 2 N–H and O–H groups in total. The van der Waals surface area contributed by atoms with E-state index in [0.717, 1.165) is 30.8 Å². The normalized spacial score (nSPS) is 12.3. The molecule has 0 heterocycles. The van der Waals surface area contributed by atoms with Crippen LogP contribution in [0.2, 0.25) is 5.02 Å². The Hall–Kier alpha value is -1.06. The molecule has 0 saturated carbocycles. The first-order chi connectivity index (χ1) is 8.59. The van der Waals surface area contributed by atoms with Crippen LogP contribution in [0.15, 0.2) is 24.3 Å². The number of carbonyl (C=O) groups is 1. The third kappa shape index (κ3) is 6.03. The fourth-order valence-electron chi connectivity index (χ4n) is 1.79. The second-order valence-corrected chi connectivity index (χ2v) is 4.87. The van der Waals surface area contributed by atoms with Gasteiger partial charge in [-0.25, -0.2) is 0 Å². The molecule has 0 aliphatic carbocycles. The molecule has 4 heteroatoms. The minimum Gasteiger partial charge on any atom is -0.481 e. The maximum Gasteiger partial charge on any atom is 0.303 e. The first kappa shape index (κ1) is 15.0. The smallest absolute Gasteiger partial charge is 0.303 e. The van der Waals surface area contributed by atoms with Gasteiger partial charge in [0.1, 0.15) is 0 Å². The van der Waals surface area contributed by atoms with Crippen LogP contribution < -0.4 is 5.32 Å². The summed E-state index contributed by atoms with van der Waals surface area (Å²) in [6.45, 7) is 3.00. The van der Waals surface area contributed by atoms with Gasteiger partial charge >= 0.3 is 5.97 Å². The van der Waals surface area contributed by atoms with E-state index in [-0.39, 0.29) is 12.5 Å². The molecule has 18 heavy (non-hydrogen) atoms. The van der Waals surface area contributed by atoms with Crippen molar-refractivity contribution >= 4 is 17.6 Å². The van der Waals surface area contributed by atoms with Crippen LogP contribution in [-0.4, -0.2) is 17.6 Å². The molecule has 3 nitrogen and oxygen atoms in total. The first-order valence-corrected chi connectivity index (χ1v) is 6.68. The Morgan fingerprint density at radius 3 is 2.83 bits per heavy atom. The van der Waals surface area contributed by atoms with Crippen LogP contribution in [0.4, 0.5) is 0 Å². The van der Waals surface area contributed by atoms with Crippen molar-refractivity contribution in [2.24, 2.45) is 0 Å². The molecular weight excluding hydrogens is 250 g/mol. The van der Waals surface area contributed by atoms with Gasteiger partial charge in [-0.3, -0.25) is 4.79 Å². The van der Waals surface area contributed by atoms with Gasteiger partial charge in [0.05, 0.1) is 0 Å². The molecule has 100 valence electrons. The zero-order valence-electron chi connectivity index (χ0n) is 10.7. The van der Waals surface area contributed by atoms with Gasteiger partial charge in [0.15, 0.2) is 0 Å². The van der Waals surface area contributed by atoms with E-state index in [2.05, 4.69) is 12.2 Å². The topological polar surface area (TPSA) is 49.3 Å². The van der Waals surface area contributed by atoms with Crippen molar-refractivity contribution in [3.05, 3.63) is 34.9 Å². The summed E-state index contributed by atoms with van der Waals surface area (Å²) in [7, 11) is 0. The monoisotopic (exact) mass is 269 g/mol. The van der Waals surface area contributed by atoms with Crippen molar-refractivity contribution in [1.29, 1.82) is 0 Å². The Kier molecular flexibility index (Phi) is 6.76. The molecule has 0 radical (unpaired) electrons. The molecule has 0 saturated heterocycles. The number of nitrogens with one attached hydrogen (secondary N) is 1. The van der Waals surface area contributed by atoms with Crippen LogP contribution >= 0.6 is 11.6 Å². The number of unbranched alkanes of at least 4 members (excludes halogenated alkanes) is 2. The summed E-state index contributed by atoms with van der Waals surface area (Å²) < 4.78 is 0. The van der Waals surface area contributed by atoms with Gasteiger partial charge in [0.25, 0.3) is 0 Å². The minimum atomic E-state index is -0.713. The third-order valence-corrected chi connectivity index (χ3v) is 3.10. The molecule has 0 unspecified atom stereocenters. The number of carboxylic acid groups (broad SMARTS) is 1. The van der Waals surface area contributed by atoms with E-state index in [0.29, 0.717) is 0 Å². The van der Waals surface area contributed by atoms with Crippen molar-refractivity contribution in [3.8, 4) is 0 Å². The highest BCUT2D eigenvalue weighted by Crippen LogP contribution is 2.17. The summed E-state index contributed by atoms with van der Waals surface area (Å²) in [5, 5.41) is 12.7. The average molecular weight is 270 g/mol. The molecule has 0 aliphatic rings. The fraction of sp³-hybridized carbons (Fsp3) is 0.500. The van der Waals surface area contributed by atoms with Crippen LogP contribution in [0.1, 0.15) is 44.2 Å². The number of hydrogen-bond acceptors (Lipinski definition) is 2. The Labute approximate surface area is 113 Å². The lowest BCUT2D eigenvalue weighted by atomic mass is 10.1. The van der Waals surface area contributed by atoms with E-state index >= 15 is 0 Å². The minimum absolute atomic E-state index is 0.267.